The summed E-state index contributed by atoms with van der Waals surface area (Å²) in [5, 5.41) is 0. The highest BCUT2D eigenvalue weighted by Gasteiger charge is 2.34. The van der Waals surface area contributed by atoms with Crippen LogP contribution in [0, 0.1) is 0 Å². The van der Waals surface area contributed by atoms with E-state index < -0.39 is 11.7 Å². The van der Waals surface area contributed by atoms with Gasteiger partial charge in [-0.15, -0.1) is 0 Å². The quantitative estimate of drug-likeness (QED) is 0.684. The molecule has 1 saturated heterocycles. The largest absolute Gasteiger partial charge is 0.493 e. The maximum atomic E-state index is 13.1. The summed E-state index contributed by atoms with van der Waals surface area (Å²) in [4.78, 5) is 0. The highest BCUT2D eigenvalue weighted by molar-refractivity contribution is 5.39. The molecule has 130 valence electrons. The molecule has 2 rings (SSSR count). The minimum absolute atomic E-state index is 0.122. The fraction of sp³-hybridized carbons (Fsp3) is 0.647. The van der Waals surface area contributed by atoms with Crippen LogP contribution in [0.25, 0.3) is 0 Å². The summed E-state index contributed by atoms with van der Waals surface area (Å²) in [6, 6.07) is 4.21. The van der Waals surface area contributed by atoms with Gasteiger partial charge in [-0.1, -0.05) is 13.0 Å². The molecular weight excluding hydrogens is 309 g/mol. The summed E-state index contributed by atoms with van der Waals surface area (Å²) in [7, 11) is 0. The number of aryl methyl sites for hydroxylation is 1. The zero-order valence-electron chi connectivity index (χ0n) is 13.3. The Bertz CT molecular complexity index is 482. The fourth-order valence-electron chi connectivity index (χ4n) is 2.44. The number of ether oxygens (including phenoxy) is 3. The molecule has 1 fully saturated rings. The molecule has 0 spiro atoms. The highest BCUT2D eigenvalue weighted by atomic mass is 19.4. The van der Waals surface area contributed by atoms with Crippen molar-refractivity contribution in [2.75, 3.05) is 19.8 Å². The van der Waals surface area contributed by atoms with Crippen molar-refractivity contribution in [3.05, 3.63) is 29.3 Å². The molecule has 1 atom stereocenters. The first-order valence-corrected chi connectivity index (χ1v) is 8.07. The SMILES string of the molecule is CCc1ccc(OCCCOC2CCCCO2)c(C(F)(F)F)c1. The van der Waals surface area contributed by atoms with Gasteiger partial charge >= 0.3 is 6.18 Å². The van der Waals surface area contributed by atoms with Crippen molar-refractivity contribution in [2.24, 2.45) is 0 Å². The summed E-state index contributed by atoms with van der Waals surface area (Å²) in [6.45, 7) is 3.13. The summed E-state index contributed by atoms with van der Waals surface area (Å²) in [6.07, 6.45) is -0.509. The monoisotopic (exact) mass is 332 g/mol. The van der Waals surface area contributed by atoms with Crippen molar-refractivity contribution in [1.29, 1.82) is 0 Å². The van der Waals surface area contributed by atoms with Crippen LogP contribution in [-0.2, 0) is 22.1 Å². The van der Waals surface area contributed by atoms with Gasteiger partial charge in [-0.2, -0.15) is 13.2 Å². The lowest BCUT2D eigenvalue weighted by Gasteiger charge is -2.22. The number of alkyl halides is 3. The van der Waals surface area contributed by atoms with E-state index in [1.54, 1.807) is 6.07 Å². The second-order valence-corrected chi connectivity index (χ2v) is 5.55. The summed E-state index contributed by atoms with van der Waals surface area (Å²) < 4.78 is 55.4. The normalized spacial score (nSPS) is 18.9. The average molecular weight is 332 g/mol. The number of halogens is 3. The Morgan fingerprint density at radius 1 is 1.22 bits per heavy atom. The lowest BCUT2D eigenvalue weighted by Crippen LogP contribution is -2.23. The predicted molar refractivity (Wildman–Crippen MR) is 80.5 cm³/mol. The van der Waals surface area contributed by atoms with E-state index in [0.29, 0.717) is 31.6 Å². The van der Waals surface area contributed by atoms with Crippen molar-refractivity contribution in [2.45, 2.75) is 51.5 Å². The first-order valence-electron chi connectivity index (χ1n) is 8.07. The minimum Gasteiger partial charge on any atom is -0.493 e. The maximum absolute atomic E-state index is 13.1. The Hall–Kier alpha value is -1.27. The number of hydrogen-bond acceptors (Lipinski definition) is 3. The molecule has 6 heteroatoms. The van der Waals surface area contributed by atoms with Crippen LogP contribution in [0.3, 0.4) is 0 Å². The van der Waals surface area contributed by atoms with Crippen molar-refractivity contribution in [1.82, 2.24) is 0 Å². The summed E-state index contributed by atoms with van der Waals surface area (Å²) in [5.41, 5.74) is -0.0733. The van der Waals surface area contributed by atoms with E-state index in [2.05, 4.69) is 0 Å². The fourth-order valence-corrected chi connectivity index (χ4v) is 2.44. The van der Waals surface area contributed by atoms with E-state index >= 15 is 0 Å². The number of benzene rings is 1. The van der Waals surface area contributed by atoms with Crippen LogP contribution in [0.1, 0.15) is 43.7 Å². The molecule has 0 radical (unpaired) electrons. The Balaban J connectivity index is 1.80. The van der Waals surface area contributed by atoms with Gasteiger partial charge in [0.15, 0.2) is 6.29 Å². The van der Waals surface area contributed by atoms with Gasteiger partial charge in [-0.05, 0) is 43.4 Å². The van der Waals surface area contributed by atoms with Gasteiger partial charge in [0.05, 0.1) is 18.8 Å². The average Bonchev–Trinajstić information content (AvgIpc) is 2.54. The van der Waals surface area contributed by atoms with E-state index in [1.807, 2.05) is 6.92 Å². The van der Waals surface area contributed by atoms with Gasteiger partial charge in [0.2, 0.25) is 0 Å². The van der Waals surface area contributed by atoms with Crippen molar-refractivity contribution >= 4 is 0 Å². The molecule has 0 aromatic heterocycles. The van der Waals surface area contributed by atoms with Crippen LogP contribution in [0.4, 0.5) is 13.2 Å². The molecule has 1 aromatic carbocycles. The van der Waals surface area contributed by atoms with Crippen LogP contribution in [0.5, 0.6) is 5.75 Å². The first kappa shape index (κ1) is 18.1. The van der Waals surface area contributed by atoms with E-state index in [0.717, 1.165) is 25.3 Å². The van der Waals surface area contributed by atoms with Crippen LogP contribution in [0.2, 0.25) is 0 Å². The van der Waals surface area contributed by atoms with E-state index in [-0.39, 0.29) is 18.6 Å². The first-order chi connectivity index (χ1) is 11.0. The molecule has 1 aliphatic heterocycles. The van der Waals surface area contributed by atoms with Crippen molar-refractivity contribution in [3.8, 4) is 5.75 Å². The Morgan fingerprint density at radius 3 is 2.70 bits per heavy atom. The van der Waals surface area contributed by atoms with Crippen LogP contribution < -0.4 is 4.74 Å². The van der Waals surface area contributed by atoms with E-state index in [1.165, 1.54) is 6.07 Å². The van der Waals surface area contributed by atoms with Gasteiger partial charge in [-0.25, -0.2) is 0 Å². The third-order valence-corrected chi connectivity index (χ3v) is 3.75. The van der Waals surface area contributed by atoms with E-state index in [9.17, 15) is 13.2 Å². The molecular formula is C17H23F3O3. The van der Waals surface area contributed by atoms with Crippen molar-refractivity contribution in [3.63, 3.8) is 0 Å². The topological polar surface area (TPSA) is 27.7 Å². The van der Waals surface area contributed by atoms with Gasteiger partial charge in [0, 0.05) is 13.0 Å². The molecule has 0 aliphatic carbocycles. The zero-order valence-corrected chi connectivity index (χ0v) is 13.3. The van der Waals surface area contributed by atoms with Gasteiger partial charge in [0.1, 0.15) is 5.75 Å². The second-order valence-electron chi connectivity index (χ2n) is 5.55. The molecule has 23 heavy (non-hydrogen) atoms. The standard InChI is InChI=1S/C17H23F3O3/c1-2-13-7-8-15(14(12-13)17(18,19)20)21-10-5-11-23-16-6-3-4-9-22-16/h7-8,12,16H,2-6,9-11H2,1H3. The Morgan fingerprint density at radius 2 is 2.04 bits per heavy atom. The van der Waals surface area contributed by atoms with Crippen LogP contribution in [-0.4, -0.2) is 26.1 Å². The molecule has 1 aliphatic rings. The third-order valence-electron chi connectivity index (χ3n) is 3.75. The smallest absolute Gasteiger partial charge is 0.419 e. The third kappa shape index (κ3) is 5.70. The van der Waals surface area contributed by atoms with Gasteiger partial charge < -0.3 is 14.2 Å². The molecule has 0 N–H and O–H groups in total. The second kappa shape index (κ2) is 8.55. The highest BCUT2D eigenvalue weighted by Crippen LogP contribution is 2.37. The predicted octanol–water partition coefficient (Wildman–Crippen LogP) is 4.58. The molecule has 3 nitrogen and oxygen atoms in total. The zero-order chi connectivity index (χ0) is 16.7. The van der Waals surface area contributed by atoms with Crippen LogP contribution in [0.15, 0.2) is 18.2 Å². The molecule has 0 saturated carbocycles. The molecule has 1 unspecified atom stereocenters. The van der Waals surface area contributed by atoms with Gasteiger partial charge in [0.25, 0.3) is 0 Å². The van der Waals surface area contributed by atoms with Crippen molar-refractivity contribution < 1.29 is 27.4 Å². The lowest BCUT2D eigenvalue weighted by atomic mass is 10.1. The minimum atomic E-state index is -4.41. The Labute approximate surface area is 134 Å². The molecule has 0 amide bonds. The maximum Gasteiger partial charge on any atom is 0.419 e. The molecule has 1 heterocycles. The lowest BCUT2D eigenvalue weighted by molar-refractivity contribution is -0.163. The van der Waals surface area contributed by atoms with E-state index in [4.69, 9.17) is 14.2 Å². The Kier molecular flexibility index (Phi) is 6.72. The number of rotatable bonds is 7. The van der Waals surface area contributed by atoms with Crippen LogP contribution >= 0.6 is 0 Å². The summed E-state index contributed by atoms with van der Waals surface area (Å²) in [5.74, 6) is -0.122. The molecule has 0 bridgehead atoms. The summed E-state index contributed by atoms with van der Waals surface area (Å²) >= 11 is 0. The molecule has 1 aromatic rings. The van der Waals surface area contributed by atoms with Gasteiger partial charge in [-0.3, -0.25) is 0 Å². The number of hydrogen-bond donors (Lipinski definition) is 0.